The van der Waals surface area contributed by atoms with Gasteiger partial charge in [0.2, 0.25) is 0 Å². The van der Waals surface area contributed by atoms with Gasteiger partial charge in [0, 0.05) is 17.5 Å². The number of anilines is 1. The number of hydrogen-bond acceptors (Lipinski definition) is 4. The predicted molar refractivity (Wildman–Crippen MR) is 84.9 cm³/mol. The molecule has 0 heterocycles. The maximum absolute atomic E-state index is 11.9. The van der Waals surface area contributed by atoms with E-state index >= 15 is 0 Å². The average Bonchev–Trinajstić information content (AvgIpc) is 2.39. The summed E-state index contributed by atoms with van der Waals surface area (Å²) >= 11 is 1.81. The van der Waals surface area contributed by atoms with Crippen LogP contribution in [0.15, 0.2) is 29.2 Å². The minimum absolute atomic E-state index is 0.212. The van der Waals surface area contributed by atoms with Crippen LogP contribution in [0.25, 0.3) is 0 Å². The first-order valence-electron chi connectivity index (χ1n) is 6.61. The average molecular weight is 301 g/mol. The van der Waals surface area contributed by atoms with E-state index in [4.69, 9.17) is 0 Å². The quantitative estimate of drug-likeness (QED) is 0.799. The van der Waals surface area contributed by atoms with Crippen molar-refractivity contribution < 1.29 is 8.42 Å². The van der Waals surface area contributed by atoms with Crippen LogP contribution in [0.3, 0.4) is 0 Å². The number of nitrogens with one attached hydrogen (secondary N) is 1. The van der Waals surface area contributed by atoms with E-state index in [0.29, 0.717) is 17.4 Å². The minimum atomic E-state index is -3.10. The van der Waals surface area contributed by atoms with Crippen LogP contribution in [-0.2, 0) is 9.84 Å². The third-order valence-corrected chi connectivity index (χ3v) is 5.59. The Kier molecular flexibility index (Phi) is 6.72. The fourth-order valence-corrected chi connectivity index (χ4v) is 3.89. The summed E-state index contributed by atoms with van der Waals surface area (Å²) in [4.78, 5) is 0.415. The van der Waals surface area contributed by atoms with E-state index in [0.717, 1.165) is 17.9 Å². The van der Waals surface area contributed by atoms with E-state index in [1.807, 2.05) is 30.8 Å². The van der Waals surface area contributed by atoms with Gasteiger partial charge in [0.1, 0.15) is 0 Å². The van der Waals surface area contributed by atoms with Crippen LogP contribution in [0.1, 0.15) is 26.7 Å². The number of hydrogen-bond donors (Lipinski definition) is 1. The molecule has 1 rings (SSSR count). The van der Waals surface area contributed by atoms with Crippen molar-refractivity contribution in [3.63, 3.8) is 0 Å². The van der Waals surface area contributed by atoms with Gasteiger partial charge in [0.15, 0.2) is 9.84 Å². The Morgan fingerprint density at radius 3 is 2.32 bits per heavy atom. The molecule has 1 atom stereocenters. The molecule has 0 aromatic heterocycles. The second-order valence-electron chi connectivity index (χ2n) is 4.55. The van der Waals surface area contributed by atoms with E-state index in [1.54, 1.807) is 12.1 Å². The Labute approximate surface area is 121 Å². The molecule has 0 aliphatic carbocycles. The molecule has 0 saturated heterocycles. The monoisotopic (exact) mass is 301 g/mol. The normalized spacial score (nSPS) is 13.2. The molecule has 3 nitrogen and oxygen atoms in total. The second kappa shape index (κ2) is 7.80. The first kappa shape index (κ1) is 16.4. The smallest absolute Gasteiger partial charge is 0.178 e. The topological polar surface area (TPSA) is 46.2 Å². The summed E-state index contributed by atoms with van der Waals surface area (Å²) in [5.41, 5.74) is 0.983. The van der Waals surface area contributed by atoms with E-state index in [1.165, 1.54) is 0 Å². The molecular weight excluding hydrogens is 278 g/mol. The largest absolute Gasteiger partial charge is 0.381 e. The Hall–Kier alpha value is -0.680. The molecule has 1 aromatic carbocycles. The second-order valence-corrected chi connectivity index (χ2v) is 7.57. The summed E-state index contributed by atoms with van der Waals surface area (Å²) in [5, 5.41) is 3.42. The van der Waals surface area contributed by atoms with Crippen LogP contribution in [0.2, 0.25) is 0 Å². The minimum Gasteiger partial charge on any atom is -0.381 e. The highest BCUT2D eigenvalue weighted by atomic mass is 32.2. The molecule has 0 radical (unpaired) electrons. The standard InChI is InChI=1S/C14H23NO2S2/c1-4-10-19(16,17)14-8-6-13(7-9-14)15-12(5-2)11-18-3/h6-9,12,15H,4-5,10-11H2,1-3H3. The van der Waals surface area contributed by atoms with Crippen molar-refractivity contribution >= 4 is 27.3 Å². The van der Waals surface area contributed by atoms with Gasteiger partial charge in [-0.15, -0.1) is 0 Å². The molecule has 0 saturated carbocycles. The van der Waals surface area contributed by atoms with Gasteiger partial charge in [-0.05, 0) is 43.4 Å². The molecule has 0 bridgehead atoms. The third kappa shape index (κ3) is 5.07. The maximum Gasteiger partial charge on any atom is 0.178 e. The summed E-state index contributed by atoms with van der Waals surface area (Å²) in [6, 6.07) is 7.52. The van der Waals surface area contributed by atoms with Gasteiger partial charge in [-0.1, -0.05) is 13.8 Å². The number of sulfone groups is 1. The van der Waals surface area contributed by atoms with E-state index < -0.39 is 9.84 Å². The van der Waals surface area contributed by atoms with E-state index in [-0.39, 0.29) is 5.75 Å². The molecule has 1 aromatic rings. The van der Waals surface area contributed by atoms with Gasteiger partial charge in [-0.25, -0.2) is 8.42 Å². The predicted octanol–water partition coefficient (Wildman–Crippen LogP) is 3.42. The first-order valence-corrected chi connectivity index (χ1v) is 9.66. The van der Waals surface area contributed by atoms with Crippen LogP contribution in [0.5, 0.6) is 0 Å². The van der Waals surface area contributed by atoms with Crippen LogP contribution in [0.4, 0.5) is 5.69 Å². The van der Waals surface area contributed by atoms with Gasteiger partial charge in [-0.3, -0.25) is 0 Å². The summed E-state index contributed by atoms with van der Waals surface area (Å²) in [6.07, 6.45) is 3.79. The van der Waals surface area contributed by atoms with Crippen molar-refractivity contribution in [2.75, 3.05) is 23.1 Å². The molecule has 1 N–H and O–H groups in total. The van der Waals surface area contributed by atoms with Crippen molar-refractivity contribution in [3.05, 3.63) is 24.3 Å². The summed E-state index contributed by atoms with van der Waals surface area (Å²) in [7, 11) is -3.10. The molecule has 0 spiro atoms. The molecule has 108 valence electrons. The van der Waals surface area contributed by atoms with Crippen LogP contribution >= 0.6 is 11.8 Å². The van der Waals surface area contributed by atoms with Crippen LogP contribution < -0.4 is 5.32 Å². The fourth-order valence-electron chi connectivity index (χ4n) is 1.84. The zero-order valence-electron chi connectivity index (χ0n) is 11.8. The van der Waals surface area contributed by atoms with E-state index in [9.17, 15) is 8.42 Å². The number of benzene rings is 1. The lowest BCUT2D eigenvalue weighted by molar-refractivity contribution is 0.594. The summed E-state index contributed by atoms with van der Waals surface area (Å²) in [5.74, 6) is 1.26. The Morgan fingerprint density at radius 2 is 1.84 bits per heavy atom. The van der Waals surface area contributed by atoms with Crippen molar-refractivity contribution in [3.8, 4) is 0 Å². The molecule has 1 unspecified atom stereocenters. The Balaban J connectivity index is 2.76. The van der Waals surface area contributed by atoms with Crippen LogP contribution in [0, 0.1) is 0 Å². The molecule has 0 aliphatic rings. The molecule has 0 aliphatic heterocycles. The van der Waals surface area contributed by atoms with Gasteiger partial charge in [-0.2, -0.15) is 11.8 Å². The third-order valence-electron chi connectivity index (χ3n) is 2.92. The van der Waals surface area contributed by atoms with Crippen molar-refractivity contribution in [1.82, 2.24) is 0 Å². The van der Waals surface area contributed by atoms with Crippen LogP contribution in [-0.4, -0.2) is 32.2 Å². The lowest BCUT2D eigenvalue weighted by Gasteiger charge is -2.17. The van der Waals surface area contributed by atoms with E-state index in [2.05, 4.69) is 18.5 Å². The number of rotatable bonds is 8. The van der Waals surface area contributed by atoms with Crippen molar-refractivity contribution in [2.45, 2.75) is 37.6 Å². The SMILES string of the molecule is CCCS(=O)(=O)c1ccc(NC(CC)CSC)cc1. The summed E-state index contributed by atoms with van der Waals surface area (Å²) < 4.78 is 23.8. The van der Waals surface area contributed by atoms with Gasteiger partial charge in [0.05, 0.1) is 10.6 Å². The molecule has 19 heavy (non-hydrogen) atoms. The van der Waals surface area contributed by atoms with Crippen molar-refractivity contribution in [2.24, 2.45) is 0 Å². The number of thioether (sulfide) groups is 1. The molecular formula is C14H23NO2S2. The van der Waals surface area contributed by atoms with Crippen molar-refractivity contribution in [1.29, 1.82) is 0 Å². The lowest BCUT2D eigenvalue weighted by Crippen LogP contribution is -2.21. The maximum atomic E-state index is 11.9. The zero-order valence-corrected chi connectivity index (χ0v) is 13.5. The first-order chi connectivity index (χ1) is 9.03. The molecule has 5 heteroatoms. The zero-order chi connectivity index (χ0) is 14.3. The molecule has 0 fully saturated rings. The molecule has 0 amide bonds. The van der Waals surface area contributed by atoms with Gasteiger partial charge in [0.25, 0.3) is 0 Å². The highest BCUT2D eigenvalue weighted by Gasteiger charge is 2.13. The summed E-state index contributed by atoms with van der Waals surface area (Å²) in [6.45, 7) is 4.02. The Bertz CT molecular complexity index is 469. The highest BCUT2D eigenvalue weighted by molar-refractivity contribution is 7.98. The fraction of sp³-hybridized carbons (Fsp3) is 0.571. The lowest BCUT2D eigenvalue weighted by atomic mass is 10.2. The Morgan fingerprint density at radius 1 is 1.21 bits per heavy atom. The van der Waals surface area contributed by atoms with Gasteiger partial charge < -0.3 is 5.32 Å². The van der Waals surface area contributed by atoms with Gasteiger partial charge >= 0.3 is 0 Å². The highest BCUT2D eigenvalue weighted by Crippen LogP contribution is 2.18.